The Balaban J connectivity index is 1.87. The van der Waals surface area contributed by atoms with Gasteiger partial charge in [-0.1, -0.05) is 27.2 Å². The summed E-state index contributed by atoms with van der Waals surface area (Å²) in [7, 11) is 0. The highest BCUT2D eigenvalue weighted by molar-refractivity contribution is 5.76. The average molecular weight is 303 g/mol. The highest BCUT2D eigenvalue weighted by Gasteiger charge is 2.23. The lowest BCUT2D eigenvalue weighted by Gasteiger charge is -2.20. The normalized spacial score (nSPS) is 19.6. The Morgan fingerprint density at radius 1 is 1.36 bits per heavy atom. The van der Waals surface area contributed by atoms with Crippen molar-refractivity contribution in [2.24, 2.45) is 5.92 Å². The van der Waals surface area contributed by atoms with Crippen LogP contribution in [0.5, 0.6) is 0 Å². The summed E-state index contributed by atoms with van der Waals surface area (Å²) in [5.74, 6) is 2.01. The van der Waals surface area contributed by atoms with Gasteiger partial charge in [0.05, 0.1) is 17.7 Å². The molecule has 1 atom stereocenters. The highest BCUT2D eigenvalue weighted by Crippen LogP contribution is 2.26. The molecule has 120 valence electrons. The van der Waals surface area contributed by atoms with E-state index in [2.05, 4.69) is 35.2 Å². The Morgan fingerprint density at radius 3 is 2.91 bits per heavy atom. The lowest BCUT2D eigenvalue weighted by atomic mass is 10.0. The van der Waals surface area contributed by atoms with E-state index in [-0.39, 0.29) is 5.82 Å². The minimum Gasteiger partial charge on any atom is -0.314 e. The van der Waals surface area contributed by atoms with E-state index in [4.69, 9.17) is 0 Å². The number of hydrogen-bond donors (Lipinski definition) is 0. The number of halogens is 1. The third-order valence-electron chi connectivity index (χ3n) is 4.66. The largest absolute Gasteiger partial charge is 0.314 e. The predicted molar refractivity (Wildman–Crippen MR) is 88.4 cm³/mol. The zero-order valence-corrected chi connectivity index (χ0v) is 13.8. The molecule has 1 saturated heterocycles. The maximum absolute atomic E-state index is 13.5. The highest BCUT2D eigenvalue weighted by atomic mass is 19.1. The third kappa shape index (κ3) is 3.02. The summed E-state index contributed by atoms with van der Waals surface area (Å²) in [6.07, 6.45) is 3.89. The summed E-state index contributed by atoms with van der Waals surface area (Å²) in [6.45, 7) is 9.76. The van der Waals surface area contributed by atoms with Crippen molar-refractivity contribution in [3.05, 3.63) is 29.8 Å². The van der Waals surface area contributed by atoms with Crippen molar-refractivity contribution in [3.63, 3.8) is 0 Å². The van der Waals surface area contributed by atoms with Crippen LogP contribution >= 0.6 is 0 Å². The molecule has 3 nitrogen and oxygen atoms in total. The van der Waals surface area contributed by atoms with Gasteiger partial charge in [0, 0.05) is 25.1 Å². The van der Waals surface area contributed by atoms with Gasteiger partial charge in [-0.15, -0.1) is 0 Å². The summed E-state index contributed by atoms with van der Waals surface area (Å²) in [6, 6.07) is 4.94. The fourth-order valence-electron chi connectivity index (χ4n) is 3.60. The van der Waals surface area contributed by atoms with Crippen molar-refractivity contribution >= 4 is 11.0 Å². The van der Waals surface area contributed by atoms with E-state index in [1.165, 1.54) is 31.9 Å². The molecule has 4 heteroatoms. The van der Waals surface area contributed by atoms with E-state index in [9.17, 15) is 4.39 Å². The molecule has 3 rings (SSSR count). The predicted octanol–water partition coefficient (Wildman–Crippen LogP) is 4.38. The molecule has 0 spiro atoms. The smallest absolute Gasteiger partial charge is 0.125 e. The van der Waals surface area contributed by atoms with Gasteiger partial charge < -0.3 is 4.57 Å². The molecule has 1 aromatic heterocycles. The molecule has 2 heterocycles. The van der Waals surface area contributed by atoms with Gasteiger partial charge in [0.1, 0.15) is 11.6 Å². The average Bonchev–Trinajstić information content (AvgIpc) is 3.04. The zero-order chi connectivity index (χ0) is 15.7. The molecule has 0 radical (unpaired) electrons. The first-order chi connectivity index (χ1) is 10.6. The lowest BCUT2D eigenvalue weighted by molar-refractivity contribution is 0.256. The molecule has 0 bridgehead atoms. The van der Waals surface area contributed by atoms with Gasteiger partial charge in [-0.25, -0.2) is 9.37 Å². The molecule has 1 aliphatic rings. The first kappa shape index (κ1) is 15.5. The molecule has 1 aromatic carbocycles. The van der Waals surface area contributed by atoms with Crippen molar-refractivity contribution < 1.29 is 4.39 Å². The Hall–Kier alpha value is -1.42. The lowest BCUT2D eigenvalue weighted by Crippen LogP contribution is -2.25. The van der Waals surface area contributed by atoms with Crippen LogP contribution in [-0.2, 0) is 6.67 Å². The molecule has 1 fully saturated rings. The van der Waals surface area contributed by atoms with Gasteiger partial charge in [-0.05, 0) is 30.9 Å². The SMILES string of the molecule is CCCC1CCN(Cn2c(C(C)C)nc3cc(F)ccc32)C1. The van der Waals surface area contributed by atoms with Crippen LogP contribution in [0.4, 0.5) is 4.39 Å². The van der Waals surface area contributed by atoms with E-state index in [1.807, 2.05) is 6.07 Å². The van der Waals surface area contributed by atoms with E-state index < -0.39 is 0 Å². The van der Waals surface area contributed by atoms with E-state index in [1.54, 1.807) is 6.07 Å². The standard InChI is InChI=1S/C18H26FN3/c1-4-5-14-8-9-21(11-14)12-22-17-7-6-15(19)10-16(17)20-18(22)13(2)3/h6-7,10,13-14H,4-5,8-9,11-12H2,1-3H3. The summed E-state index contributed by atoms with van der Waals surface area (Å²) >= 11 is 0. The van der Waals surface area contributed by atoms with Crippen molar-refractivity contribution in [1.29, 1.82) is 0 Å². The van der Waals surface area contributed by atoms with Gasteiger partial charge in [-0.2, -0.15) is 0 Å². The van der Waals surface area contributed by atoms with E-state index in [0.717, 1.165) is 36.0 Å². The van der Waals surface area contributed by atoms with Crippen molar-refractivity contribution in [1.82, 2.24) is 14.5 Å². The van der Waals surface area contributed by atoms with Crippen LogP contribution in [0.25, 0.3) is 11.0 Å². The fraction of sp³-hybridized carbons (Fsp3) is 0.611. The Morgan fingerprint density at radius 2 is 2.18 bits per heavy atom. The molecule has 0 aliphatic carbocycles. The van der Waals surface area contributed by atoms with Crippen LogP contribution in [0, 0.1) is 11.7 Å². The van der Waals surface area contributed by atoms with Crippen LogP contribution in [0.1, 0.15) is 51.8 Å². The molecular weight excluding hydrogens is 277 g/mol. The maximum atomic E-state index is 13.5. The van der Waals surface area contributed by atoms with E-state index in [0.29, 0.717) is 5.92 Å². The number of likely N-dealkylation sites (tertiary alicyclic amines) is 1. The molecule has 22 heavy (non-hydrogen) atoms. The van der Waals surface area contributed by atoms with Gasteiger partial charge >= 0.3 is 0 Å². The van der Waals surface area contributed by atoms with Crippen LogP contribution in [0.3, 0.4) is 0 Å². The summed E-state index contributed by atoms with van der Waals surface area (Å²) in [5, 5.41) is 0. The van der Waals surface area contributed by atoms with Crippen LogP contribution in [0.2, 0.25) is 0 Å². The molecule has 1 unspecified atom stereocenters. The molecule has 0 amide bonds. The minimum absolute atomic E-state index is 0.211. The first-order valence-electron chi connectivity index (χ1n) is 8.46. The van der Waals surface area contributed by atoms with Crippen LogP contribution in [-0.4, -0.2) is 27.5 Å². The van der Waals surface area contributed by atoms with Gasteiger partial charge in [0.2, 0.25) is 0 Å². The Kier molecular flexibility index (Phi) is 4.48. The molecule has 0 N–H and O–H groups in total. The van der Waals surface area contributed by atoms with Crippen molar-refractivity contribution in [3.8, 4) is 0 Å². The van der Waals surface area contributed by atoms with Gasteiger partial charge in [-0.3, -0.25) is 4.90 Å². The number of benzene rings is 1. The maximum Gasteiger partial charge on any atom is 0.125 e. The Labute approximate surface area is 132 Å². The molecule has 0 saturated carbocycles. The van der Waals surface area contributed by atoms with Gasteiger partial charge in [0.25, 0.3) is 0 Å². The number of aromatic nitrogens is 2. The fourth-order valence-corrected chi connectivity index (χ4v) is 3.60. The number of fused-ring (bicyclic) bond motifs is 1. The molecule has 2 aromatic rings. The summed E-state index contributed by atoms with van der Waals surface area (Å²) in [5.41, 5.74) is 1.82. The topological polar surface area (TPSA) is 21.1 Å². The molecular formula is C18H26FN3. The number of hydrogen-bond acceptors (Lipinski definition) is 2. The van der Waals surface area contributed by atoms with Gasteiger partial charge in [0.15, 0.2) is 0 Å². The second-order valence-corrected chi connectivity index (χ2v) is 6.85. The summed E-state index contributed by atoms with van der Waals surface area (Å²) < 4.78 is 15.7. The molecule has 1 aliphatic heterocycles. The minimum atomic E-state index is -0.211. The second-order valence-electron chi connectivity index (χ2n) is 6.85. The Bertz CT molecular complexity index is 647. The number of nitrogens with zero attached hydrogens (tertiary/aromatic N) is 3. The second kappa shape index (κ2) is 6.37. The quantitative estimate of drug-likeness (QED) is 0.817. The summed E-state index contributed by atoms with van der Waals surface area (Å²) in [4.78, 5) is 7.18. The zero-order valence-electron chi connectivity index (χ0n) is 13.8. The monoisotopic (exact) mass is 303 g/mol. The van der Waals surface area contributed by atoms with Crippen molar-refractivity contribution in [2.45, 2.75) is 52.6 Å². The van der Waals surface area contributed by atoms with Crippen molar-refractivity contribution in [2.75, 3.05) is 13.1 Å². The first-order valence-corrected chi connectivity index (χ1v) is 8.46. The van der Waals surface area contributed by atoms with Crippen LogP contribution < -0.4 is 0 Å². The van der Waals surface area contributed by atoms with E-state index >= 15 is 0 Å². The number of rotatable bonds is 5. The number of imidazole rings is 1. The third-order valence-corrected chi connectivity index (χ3v) is 4.66. The van der Waals surface area contributed by atoms with Crippen LogP contribution in [0.15, 0.2) is 18.2 Å².